The van der Waals surface area contributed by atoms with Crippen molar-refractivity contribution in [3.8, 4) is 6.07 Å². The summed E-state index contributed by atoms with van der Waals surface area (Å²) in [6.45, 7) is 2.17. The highest BCUT2D eigenvalue weighted by atomic mass is 35.6. The molecule has 0 unspecified atom stereocenters. The van der Waals surface area contributed by atoms with Crippen LogP contribution in [-0.2, 0) is 17.6 Å². The summed E-state index contributed by atoms with van der Waals surface area (Å²) in [5.41, 5.74) is 1.54. The number of hydrogen-bond acceptors (Lipinski definition) is 3. The van der Waals surface area contributed by atoms with Crippen molar-refractivity contribution in [1.29, 1.82) is 5.26 Å². The number of halogens is 3. The van der Waals surface area contributed by atoms with Gasteiger partial charge in [0.05, 0.1) is 5.56 Å². The molecule has 7 heteroatoms. The molecule has 102 valence electrons. The minimum absolute atomic E-state index is 0.484. The number of nitrogens with one attached hydrogen (secondary N) is 1. The van der Waals surface area contributed by atoms with E-state index in [2.05, 4.69) is 18.3 Å². The number of anilines is 1. The summed E-state index contributed by atoms with van der Waals surface area (Å²) in [5, 5.41) is 12.3. The summed E-state index contributed by atoms with van der Waals surface area (Å²) in [5.74, 6) is -0.143. The first kappa shape index (κ1) is 14.9. The molecular weight excluding hydrogens is 327 g/mol. The van der Waals surface area contributed by atoms with Crippen LogP contribution < -0.4 is 5.32 Å². The quantitative estimate of drug-likeness (QED) is 0.786. The summed E-state index contributed by atoms with van der Waals surface area (Å²) >= 11 is 18.0. The van der Waals surface area contributed by atoms with Gasteiger partial charge in [-0.25, -0.2) is 0 Å². The third-order valence-electron chi connectivity index (χ3n) is 3.11. The maximum absolute atomic E-state index is 11.7. The lowest BCUT2D eigenvalue weighted by molar-refractivity contribution is -0.115. The monoisotopic (exact) mass is 336 g/mol. The number of nitrogens with zero attached hydrogens (tertiary/aromatic N) is 1. The van der Waals surface area contributed by atoms with E-state index in [9.17, 15) is 10.1 Å². The molecule has 0 saturated carbocycles. The first-order valence-corrected chi connectivity index (χ1v) is 7.70. The fraction of sp³-hybridized carbons (Fsp3) is 0.500. The number of carbonyl (C=O) groups excluding carboxylic acids is 1. The Bertz CT molecular complexity index is 557. The highest BCUT2D eigenvalue weighted by molar-refractivity contribution is 7.16. The average Bonchev–Trinajstić information content (AvgIpc) is 2.63. The van der Waals surface area contributed by atoms with Crippen LogP contribution in [0.15, 0.2) is 0 Å². The predicted molar refractivity (Wildman–Crippen MR) is 79.1 cm³/mol. The maximum Gasteiger partial charge on any atom is 0.277 e. The molecule has 1 heterocycles. The average molecular weight is 338 g/mol. The van der Waals surface area contributed by atoms with Crippen molar-refractivity contribution in [1.82, 2.24) is 0 Å². The number of fused-ring (bicyclic) bond motifs is 1. The third-order valence-corrected chi connectivity index (χ3v) is 4.79. The van der Waals surface area contributed by atoms with Gasteiger partial charge in [0.1, 0.15) is 11.1 Å². The Kier molecular flexibility index (Phi) is 4.32. The fourth-order valence-electron chi connectivity index (χ4n) is 2.13. The van der Waals surface area contributed by atoms with Gasteiger partial charge in [0.25, 0.3) is 9.70 Å². The van der Waals surface area contributed by atoms with Crippen molar-refractivity contribution >= 4 is 57.0 Å². The van der Waals surface area contributed by atoms with Crippen LogP contribution in [0.4, 0.5) is 5.00 Å². The SMILES string of the molecule is C[C@H]1CCc2c(sc(NC(=O)C(Cl)(Cl)Cl)c2C#N)C1. The number of alkyl halides is 3. The highest BCUT2D eigenvalue weighted by Crippen LogP contribution is 2.40. The predicted octanol–water partition coefficient (Wildman–Crippen LogP) is 4.05. The Morgan fingerprint density at radius 3 is 2.79 bits per heavy atom. The first-order valence-electron chi connectivity index (χ1n) is 5.75. The summed E-state index contributed by atoms with van der Waals surface area (Å²) in [6, 6.07) is 2.14. The minimum atomic E-state index is -2.02. The van der Waals surface area contributed by atoms with Crippen LogP contribution in [0, 0.1) is 17.2 Å². The highest BCUT2D eigenvalue weighted by Gasteiger charge is 2.33. The Morgan fingerprint density at radius 2 is 2.21 bits per heavy atom. The van der Waals surface area contributed by atoms with Crippen molar-refractivity contribution < 1.29 is 4.79 Å². The van der Waals surface area contributed by atoms with Crippen LogP contribution >= 0.6 is 46.1 Å². The number of carbonyl (C=O) groups is 1. The molecule has 1 atom stereocenters. The molecule has 0 aliphatic heterocycles. The minimum Gasteiger partial charge on any atom is -0.313 e. The van der Waals surface area contributed by atoms with E-state index < -0.39 is 9.70 Å². The second-order valence-corrected chi connectivity index (χ2v) is 8.01. The van der Waals surface area contributed by atoms with E-state index in [1.54, 1.807) is 0 Å². The van der Waals surface area contributed by atoms with E-state index >= 15 is 0 Å². The molecule has 1 aliphatic carbocycles. The Balaban J connectivity index is 2.33. The van der Waals surface area contributed by atoms with Gasteiger partial charge in [0.2, 0.25) is 0 Å². The lowest BCUT2D eigenvalue weighted by Gasteiger charge is -2.17. The van der Waals surface area contributed by atoms with Crippen LogP contribution in [0.3, 0.4) is 0 Å². The van der Waals surface area contributed by atoms with Crippen molar-refractivity contribution in [2.45, 2.75) is 30.0 Å². The van der Waals surface area contributed by atoms with Crippen molar-refractivity contribution in [2.75, 3.05) is 5.32 Å². The molecule has 0 bridgehead atoms. The molecule has 1 aromatic heterocycles. The number of nitriles is 1. The van der Waals surface area contributed by atoms with Crippen LogP contribution in [0.25, 0.3) is 0 Å². The van der Waals surface area contributed by atoms with E-state index in [-0.39, 0.29) is 0 Å². The largest absolute Gasteiger partial charge is 0.313 e. The van der Waals surface area contributed by atoms with Gasteiger partial charge in [-0.1, -0.05) is 41.7 Å². The molecule has 0 aromatic carbocycles. The maximum atomic E-state index is 11.7. The van der Waals surface area contributed by atoms with Crippen molar-refractivity contribution in [3.63, 3.8) is 0 Å². The Labute approximate surface area is 130 Å². The zero-order valence-electron chi connectivity index (χ0n) is 10.1. The van der Waals surface area contributed by atoms with Crippen LogP contribution in [0.1, 0.15) is 29.3 Å². The second kappa shape index (κ2) is 5.49. The van der Waals surface area contributed by atoms with E-state index in [0.717, 1.165) is 29.7 Å². The van der Waals surface area contributed by atoms with E-state index in [0.29, 0.717) is 16.5 Å². The molecule has 1 N–H and O–H groups in total. The molecule has 2 rings (SSSR count). The molecule has 1 amide bonds. The Hall–Kier alpha value is -0.470. The molecule has 0 fully saturated rings. The van der Waals surface area contributed by atoms with Gasteiger partial charge in [0.15, 0.2) is 0 Å². The fourth-order valence-corrected chi connectivity index (χ4v) is 3.63. The first-order chi connectivity index (χ1) is 8.82. The normalized spacial score (nSPS) is 18.6. The standard InChI is InChI=1S/C12H11Cl3N2OS/c1-6-2-3-7-8(5-16)10(19-9(7)4-6)17-11(18)12(13,14)15/h6H,2-4H2,1H3,(H,17,18)/t6-/m0/s1. The molecule has 19 heavy (non-hydrogen) atoms. The zero-order chi connectivity index (χ0) is 14.2. The molecule has 0 radical (unpaired) electrons. The van der Waals surface area contributed by atoms with Crippen LogP contribution in [0.5, 0.6) is 0 Å². The van der Waals surface area contributed by atoms with Gasteiger partial charge in [-0.3, -0.25) is 4.79 Å². The lowest BCUT2D eigenvalue weighted by Crippen LogP contribution is -2.26. The van der Waals surface area contributed by atoms with Crippen molar-refractivity contribution in [3.05, 3.63) is 16.0 Å². The number of amides is 1. The molecule has 0 saturated heterocycles. The number of thiophene rings is 1. The topological polar surface area (TPSA) is 52.9 Å². The van der Waals surface area contributed by atoms with Gasteiger partial charge in [0, 0.05) is 4.88 Å². The Morgan fingerprint density at radius 1 is 1.53 bits per heavy atom. The summed E-state index contributed by atoms with van der Waals surface area (Å²) in [6.07, 6.45) is 2.84. The van der Waals surface area contributed by atoms with E-state index in [1.807, 2.05) is 0 Å². The van der Waals surface area contributed by atoms with E-state index in [1.165, 1.54) is 11.3 Å². The lowest BCUT2D eigenvalue weighted by atomic mass is 9.89. The number of rotatable bonds is 1. The van der Waals surface area contributed by atoms with Crippen LogP contribution in [-0.4, -0.2) is 9.70 Å². The molecule has 1 aliphatic rings. The number of hydrogen-bond donors (Lipinski definition) is 1. The van der Waals surface area contributed by atoms with Gasteiger partial charge in [-0.05, 0) is 30.7 Å². The summed E-state index contributed by atoms with van der Waals surface area (Å²) in [4.78, 5) is 12.8. The summed E-state index contributed by atoms with van der Waals surface area (Å²) in [7, 11) is 0. The third kappa shape index (κ3) is 3.17. The summed E-state index contributed by atoms with van der Waals surface area (Å²) < 4.78 is -2.02. The molecular formula is C12H11Cl3N2OS. The van der Waals surface area contributed by atoms with Gasteiger partial charge in [-0.2, -0.15) is 5.26 Å². The van der Waals surface area contributed by atoms with Gasteiger partial charge >= 0.3 is 0 Å². The molecule has 0 spiro atoms. The van der Waals surface area contributed by atoms with Gasteiger partial charge < -0.3 is 5.32 Å². The van der Waals surface area contributed by atoms with Crippen LogP contribution in [0.2, 0.25) is 0 Å². The smallest absolute Gasteiger partial charge is 0.277 e. The zero-order valence-corrected chi connectivity index (χ0v) is 13.2. The van der Waals surface area contributed by atoms with E-state index in [4.69, 9.17) is 34.8 Å². The second-order valence-electron chi connectivity index (χ2n) is 4.62. The molecule has 3 nitrogen and oxygen atoms in total. The molecule has 1 aromatic rings. The van der Waals surface area contributed by atoms with Crippen molar-refractivity contribution in [2.24, 2.45) is 5.92 Å². The van der Waals surface area contributed by atoms with Gasteiger partial charge in [-0.15, -0.1) is 11.3 Å².